The van der Waals surface area contributed by atoms with Gasteiger partial charge in [-0.05, 0) is 18.9 Å². The van der Waals surface area contributed by atoms with Gasteiger partial charge in [-0.25, -0.2) is 8.42 Å². The second-order valence-corrected chi connectivity index (χ2v) is 9.16. The molecule has 0 radical (unpaired) electrons. The summed E-state index contributed by atoms with van der Waals surface area (Å²) in [7, 11) is -3.57. The molecule has 0 bridgehead atoms. The van der Waals surface area contributed by atoms with Gasteiger partial charge < -0.3 is 9.26 Å². The maximum absolute atomic E-state index is 12.8. The van der Waals surface area contributed by atoms with Crippen molar-refractivity contribution in [3.05, 3.63) is 60.0 Å². The molecule has 10 heteroatoms. The molecule has 1 atom stereocenters. The number of hydrogen-bond acceptors (Lipinski definition) is 7. The normalized spacial score (nSPS) is 17.6. The van der Waals surface area contributed by atoms with Crippen molar-refractivity contribution in [3.8, 4) is 0 Å². The first kappa shape index (κ1) is 20.7. The van der Waals surface area contributed by atoms with Crippen molar-refractivity contribution >= 4 is 10.0 Å². The first-order valence-corrected chi connectivity index (χ1v) is 11.5. The third-order valence-electron chi connectivity index (χ3n) is 5.14. The van der Waals surface area contributed by atoms with Gasteiger partial charge in [0.2, 0.25) is 15.9 Å². The molecular weight excluding hydrogens is 406 g/mol. The minimum Gasteiger partial charge on any atom is -0.376 e. The zero-order valence-corrected chi connectivity index (χ0v) is 17.7. The number of benzene rings is 1. The van der Waals surface area contributed by atoms with Gasteiger partial charge in [0.25, 0.3) is 0 Å². The molecule has 1 unspecified atom stereocenters. The van der Waals surface area contributed by atoms with Crippen LogP contribution in [0.5, 0.6) is 0 Å². The van der Waals surface area contributed by atoms with Crippen LogP contribution in [-0.2, 0) is 34.3 Å². The van der Waals surface area contributed by atoms with E-state index in [1.54, 1.807) is 10.9 Å². The summed E-state index contributed by atoms with van der Waals surface area (Å²) in [6, 6.07) is 9.95. The number of aryl methyl sites for hydroxylation is 1. The van der Waals surface area contributed by atoms with Crippen molar-refractivity contribution in [2.24, 2.45) is 0 Å². The van der Waals surface area contributed by atoms with Crippen molar-refractivity contribution in [1.82, 2.24) is 24.2 Å². The Balaban J connectivity index is 1.30. The minimum absolute atomic E-state index is 0.104. The summed E-state index contributed by atoms with van der Waals surface area (Å²) in [5.74, 6) is 0.950. The monoisotopic (exact) mass is 431 g/mol. The maximum atomic E-state index is 12.8. The Bertz CT molecular complexity index is 1060. The van der Waals surface area contributed by atoms with E-state index in [9.17, 15) is 8.42 Å². The van der Waals surface area contributed by atoms with Gasteiger partial charge in [-0.1, -0.05) is 35.5 Å². The quantitative estimate of drug-likeness (QED) is 0.479. The summed E-state index contributed by atoms with van der Waals surface area (Å²) in [6.07, 6.45) is 4.14. The zero-order valence-electron chi connectivity index (χ0n) is 16.8. The summed E-state index contributed by atoms with van der Waals surface area (Å²) >= 11 is 0. The van der Waals surface area contributed by atoms with Crippen LogP contribution >= 0.6 is 0 Å². The average molecular weight is 432 g/mol. The third kappa shape index (κ3) is 4.61. The summed E-state index contributed by atoms with van der Waals surface area (Å²) in [4.78, 5) is 4.66. The van der Waals surface area contributed by atoms with E-state index in [1.165, 1.54) is 10.5 Å². The molecule has 1 fully saturated rings. The fourth-order valence-electron chi connectivity index (χ4n) is 3.41. The van der Waals surface area contributed by atoms with E-state index in [4.69, 9.17) is 9.26 Å². The molecule has 1 saturated heterocycles. The number of rotatable bonds is 9. The Morgan fingerprint density at radius 2 is 2.10 bits per heavy atom. The number of hydrogen-bond donors (Lipinski definition) is 0. The highest BCUT2D eigenvalue weighted by Gasteiger charge is 2.36. The summed E-state index contributed by atoms with van der Waals surface area (Å²) in [5, 5.41) is 8.08. The first-order valence-electron chi connectivity index (χ1n) is 10.0. The lowest BCUT2D eigenvalue weighted by molar-refractivity contribution is 0.122. The fraction of sp³-hybridized carbons (Fsp3) is 0.450. The predicted octanol–water partition coefficient (Wildman–Crippen LogP) is 2.22. The van der Waals surface area contributed by atoms with Crippen LogP contribution in [0.4, 0.5) is 0 Å². The van der Waals surface area contributed by atoms with Crippen LogP contribution < -0.4 is 0 Å². The van der Waals surface area contributed by atoms with Crippen LogP contribution in [0.15, 0.2) is 52.1 Å². The van der Waals surface area contributed by atoms with Crippen molar-refractivity contribution in [2.75, 3.05) is 19.7 Å². The lowest BCUT2D eigenvalue weighted by atomic mass is 10.1. The molecule has 30 heavy (non-hydrogen) atoms. The first-order chi connectivity index (χ1) is 14.6. The van der Waals surface area contributed by atoms with Gasteiger partial charge in [0.1, 0.15) is 4.90 Å². The number of nitrogens with zero attached hydrogens (tertiary/aromatic N) is 5. The Labute approximate surface area is 175 Å². The number of sulfonamides is 1. The Morgan fingerprint density at radius 3 is 2.87 bits per heavy atom. The SMILES string of the molecule is CCn1cc(S(=O)(=O)N2CCC(c3nc(CCOCc4ccccc4)no3)C2)cn1. The van der Waals surface area contributed by atoms with Crippen molar-refractivity contribution < 1.29 is 17.7 Å². The van der Waals surface area contributed by atoms with Crippen LogP contribution in [0, 0.1) is 0 Å². The summed E-state index contributed by atoms with van der Waals surface area (Å²) < 4.78 is 39.8. The molecule has 0 spiro atoms. The van der Waals surface area contributed by atoms with Gasteiger partial charge in [0.15, 0.2) is 5.82 Å². The second-order valence-electron chi connectivity index (χ2n) is 7.22. The Kier molecular flexibility index (Phi) is 6.26. The third-order valence-corrected chi connectivity index (χ3v) is 6.95. The van der Waals surface area contributed by atoms with Gasteiger partial charge in [-0.2, -0.15) is 14.4 Å². The van der Waals surface area contributed by atoms with E-state index in [2.05, 4.69) is 15.2 Å². The standard InChI is InChI=1S/C20H25N5O4S/c1-2-24-14-18(12-21-24)30(26,27)25-10-8-17(13-25)20-22-19(23-29-20)9-11-28-15-16-6-4-3-5-7-16/h3-7,12,14,17H,2,8-11,13,15H2,1H3. The molecule has 0 amide bonds. The maximum Gasteiger partial charge on any atom is 0.246 e. The molecule has 0 saturated carbocycles. The van der Waals surface area contributed by atoms with Gasteiger partial charge in [0.05, 0.1) is 25.3 Å². The van der Waals surface area contributed by atoms with E-state index >= 15 is 0 Å². The van der Waals surface area contributed by atoms with Crippen LogP contribution in [0.3, 0.4) is 0 Å². The van der Waals surface area contributed by atoms with Crippen LogP contribution in [0.1, 0.15) is 36.5 Å². The predicted molar refractivity (Wildman–Crippen MR) is 108 cm³/mol. The molecule has 4 rings (SSSR count). The molecular formula is C20H25N5O4S. The van der Waals surface area contributed by atoms with Crippen LogP contribution in [0.25, 0.3) is 0 Å². The van der Waals surface area contributed by atoms with Crippen molar-refractivity contribution in [3.63, 3.8) is 0 Å². The van der Waals surface area contributed by atoms with Crippen molar-refractivity contribution in [2.45, 2.75) is 43.7 Å². The molecule has 160 valence electrons. The van der Waals surface area contributed by atoms with Gasteiger partial charge in [-0.3, -0.25) is 4.68 Å². The molecule has 1 aromatic carbocycles. The summed E-state index contributed by atoms with van der Waals surface area (Å²) in [5.41, 5.74) is 1.11. The van der Waals surface area contributed by atoms with E-state index in [-0.39, 0.29) is 10.8 Å². The highest BCUT2D eigenvalue weighted by atomic mass is 32.2. The number of aromatic nitrogens is 4. The molecule has 9 nitrogen and oxygen atoms in total. The van der Waals surface area contributed by atoms with Crippen molar-refractivity contribution in [1.29, 1.82) is 0 Å². The van der Waals surface area contributed by atoms with Crippen LogP contribution in [-0.4, -0.2) is 52.3 Å². The smallest absolute Gasteiger partial charge is 0.246 e. The van der Waals surface area contributed by atoms with Gasteiger partial charge in [-0.15, -0.1) is 0 Å². The van der Waals surface area contributed by atoms with E-state index in [0.29, 0.717) is 57.4 Å². The molecule has 2 aromatic heterocycles. The minimum atomic E-state index is -3.57. The Morgan fingerprint density at radius 1 is 1.27 bits per heavy atom. The molecule has 1 aliphatic rings. The summed E-state index contributed by atoms with van der Waals surface area (Å²) in [6.45, 7) is 4.30. The number of ether oxygens (including phenoxy) is 1. The van der Waals surface area contributed by atoms with E-state index in [0.717, 1.165) is 5.56 Å². The molecule has 3 heterocycles. The largest absolute Gasteiger partial charge is 0.376 e. The Hall–Kier alpha value is -2.56. The molecule has 3 aromatic rings. The molecule has 0 aliphatic carbocycles. The zero-order chi connectivity index (χ0) is 21.0. The van der Waals surface area contributed by atoms with Gasteiger partial charge >= 0.3 is 0 Å². The highest BCUT2D eigenvalue weighted by Crippen LogP contribution is 2.30. The lowest BCUT2D eigenvalue weighted by Gasteiger charge is -2.14. The lowest BCUT2D eigenvalue weighted by Crippen LogP contribution is -2.28. The topological polar surface area (TPSA) is 103 Å². The van der Waals surface area contributed by atoms with E-state index < -0.39 is 10.0 Å². The molecule has 0 N–H and O–H groups in total. The van der Waals surface area contributed by atoms with Crippen LogP contribution in [0.2, 0.25) is 0 Å². The highest BCUT2D eigenvalue weighted by molar-refractivity contribution is 7.89. The molecule has 1 aliphatic heterocycles. The average Bonchev–Trinajstić information content (AvgIpc) is 3.52. The second kappa shape index (κ2) is 9.07. The fourth-order valence-corrected chi connectivity index (χ4v) is 4.87. The van der Waals surface area contributed by atoms with Gasteiger partial charge in [0, 0.05) is 32.3 Å². The van der Waals surface area contributed by atoms with E-state index in [1.807, 2.05) is 37.3 Å².